The molecular formula is C20H16BrNO5S2. The van der Waals surface area contributed by atoms with Crippen molar-refractivity contribution in [1.82, 2.24) is 4.90 Å². The summed E-state index contributed by atoms with van der Waals surface area (Å²) in [5.74, 6) is -0.620. The minimum atomic E-state index is -1.09. The minimum absolute atomic E-state index is 0.162. The van der Waals surface area contributed by atoms with Crippen LogP contribution in [0.3, 0.4) is 0 Å². The third-order valence-electron chi connectivity index (χ3n) is 3.95. The van der Waals surface area contributed by atoms with E-state index in [1.807, 2.05) is 30.3 Å². The maximum Gasteiger partial charge on any atom is 0.341 e. The molecular weight excluding hydrogens is 478 g/mol. The number of aliphatic carboxylic acids is 1. The molecule has 0 spiro atoms. The predicted octanol–water partition coefficient (Wildman–Crippen LogP) is 4.32. The Morgan fingerprint density at radius 1 is 1.31 bits per heavy atom. The number of hydrogen-bond donors (Lipinski definition) is 1. The number of carbonyl (C=O) groups is 2. The fourth-order valence-corrected chi connectivity index (χ4v) is 4.48. The summed E-state index contributed by atoms with van der Waals surface area (Å²) >= 11 is 9.99. The van der Waals surface area contributed by atoms with E-state index in [1.165, 1.54) is 18.9 Å². The van der Waals surface area contributed by atoms with Gasteiger partial charge in [0.1, 0.15) is 4.32 Å². The Hall–Kier alpha value is -2.36. The number of carbonyl (C=O) groups excluding carboxylic acids is 1. The SMILES string of the molecule is COc1cc(/C=C2/SC(=S)N(Cc3ccccc3)C2=O)cc(Br)c1OCC(=O)O. The summed E-state index contributed by atoms with van der Waals surface area (Å²) in [6, 6.07) is 13.0. The molecule has 3 rings (SSSR count). The first-order chi connectivity index (χ1) is 13.9. The molecule has 29 heavy (non-hydrogen) atoms. The van der Waals surface area contributed by atoms with Crippen LogP contribution in [0.15, 0.2) is 51.8 Å². The van der Waals surface area contributed by atoms with Crippen LogP contribution in [0.4, 0.5) is 0 Å². The number of thiocarbonyl (C=S) groups is 1. The van der Waals surface area contributed by atoms with Crippen LogP contribution in [-0.2, 0) is 16.1 Å². The van der Waals surface area contributed by atoms with Gasteiger partial charge in [0, 0.05) is 0 Å². The number of amides is 1. The van der Waals surface area contributed by atoms with E-state index in [-0.39, 0.29) is 11.7 Å². The summed E-state index contributed by atoms with van der Waals surface area (Å²) in [4.78, 5) is 25.7. The molecule has 0 saturated carbocycles. The van der Waals surface area contributed by atoms with Gasteiger partial charge in [-0.25, -0.2) is 4.79 Å². The van der Waals surface area contributed by atoms with E-state index in [0.29, 0.717) is 31.6 Å². The smallest absolute Gasteiger partial charge is 0.341 e. The average molecular weight is 494 g/mol. The summed E-state index contributed by atoms with van der Waals surface area (Å²) in [5.41, 5.74) is 1.69. The molecule has 1 fully saturated rings. The molecule has 0 aromatic heterocycles. The number of rotatable bonds is 7. The fraction of sp³-hybridized carbons (Fsp3) is 0.150. The number of hydrogen-bond acceptors (Lipinski definition) is 6. The van der Waals surface area contributed by atoms with Gasteiger partial charge in [0.05, 0.1) is 23.0 Å². The standard InChI is InChI=1S/C20H16BrNO5S2/c1-26-15-8-13(7-14(21)18(15)27-11-17(23)24)9-16-19(25)22(20(28)29-16)10-12-5-3-2-4-6-12/h2-9H,10-11H2,1H3,(H,23,24)/b16-9+. The van der Waals surface area contributed by atoms with E-state index in [0.717, 1.165) is 5.56 Å². The lowest BCUT2D eigenvalue weighted by Gasteiger charge is -2.14. The maximum atomic E-state index is 12.8. The molecule has 0 atom stereocenters. The van der Waals surface area contributed by atoms with Gasteiger partial charge < -0.3 is 14.6 Å². The Morgan fingerprint density at radius 3 is 2.69 bits per heavy atom. The zero-order chi connectivity index (χ0) is 21.0. The van der Waals surface area contributed by atoms with Crippen molar-refractivity contribution >= 4 is 62.2 Å². The topological polar surface area (TPSA) is 76.1 Å². The van der Waals surface area contributed by atoms with Crippen molar-refractivity contribution in [3.05, 3.63) is 63.0 Å². The molecule has 6 nitrogen and oxygen atoms in total. The second kappa shape index (κ2) is 9.43. The number of carboxylic acids is 1. The second-order valence-corrected chi connectivity index (χ2v) is 8.50. The van der Waals surface area contributed by atoms with Crippen molar-refractivity contribution in [3.8, 4) is 11.5 Å². The highest BCUT2D eigenvalue weighted by Crippen LogP contribution is 2.39. The summed E-state index contributed by atoms with van der Waals surface area (Å²) in [7, 11) is 1.46. The highest BCUT2D eigenvalue weighted by atomic mass is 79.9. The minimum Gasteiger partial charge on any atom is -0.493 e. The third kappa shape index (κ3) is 5.17. The molecule has 0 radical (unpaired) electrons. The maximum absolute atomic E-state index is 12.8. The Morgan fingerprint density at radius 2 is 2.03 bits per heavy atom. The van der Waals surface area contributed by atoms with Crippen LogP contribution in [0.5, 0.6) is 11.5 Å². The van der Waals surface area contributed by atoms with Crippen molar-refractivity contribution in [1.29, 1.82) is 0 Å². The van der Waals surface area contributed by atoms with Gasteiger partial charge in [0.2, 0.25) is 0 Å². The molecule has 1 N–H and O–H groups in total. The molecule has 9 heteroatoms. The first-order valence-electron chi connectivity index (χ1n) is 8.40. The molecule has 0 aliphatic carbocycles. The van der Waals surface area contributed by atoms with E-state index in [4.69, 9.17) is 26.8 Å². The van der Waals surface area contributed by atoms with E-state index in [2.05, 4.69) is 15.9 Å². The molecule has 2 aromatic rings. The van der Waals surface area contributed by atoms with Crippen molar-refractivity contribution in [2.45, 2.75) is 6.54 Å². The van der Waals surface area contributed by atoms with Gasteiger partial charge in [-0.3, -0.25) is 9.69 Å². The molecule has 1 saturated heterocycles. The van der Waals surface area contributed by atoms with Gasteiger partial charge in [0.25, 0.3) is 5.91 Å². The summed E-state index contributed by atoms with van der Waals surface area (Å²) in [6.07, 6.45) is 1.72. The molecule has 0 bridgehead atoms. The van der Waals surface area contributed by atoms with Gasteiger partial charge >= 0.3 is 5.97 Å². The van der Waals surface area contributed by atoms with E-state index in [9.17, 15) is 9.59 Å². The van der Waals surface area contributed by atoms with E-state index < -0.39 is 12.6 Å². The molecule has 2 aromatic carbocycles. The third-order valence-corrected chi connectivity index (χ3v) is 5.91. The van der Waals surface area contributed by atoms with Crippen LogP contribution in [0.1, 0.15) is 11.1 Å². The summed E-state index contributed by atoms with van der Waals surface area (Å²) in [5, 5.41) is 8.81. The van der Waals surface area contributed by atoms with Gasteiger partial charge in [0.15, 0.2) is 18.1 Å². The van der Waals surface area contributed by atoms with Crippen molar-refractivity contribution < 1.29 is 24.2 Å². The van der Waals surface area contributed by atoms with Crippen LogP contribution >= 0.6 is 39.9 Å². The van der Waals surface area contributed by atoms with E-state index >= 15 is 0 Å². The van der Waals surface area contributed by atoms with Crippen LogP contribution in [0, 0.1) is 0 Å². The lowest BCUT2D eigenvalue weighted by Crippen LogP contribution is -2.27. The van der Waals surface area contributed by atoms with E-state index in [1.54, 1.807) is 23.1 Å². The molecule has 150 valence electrons. The van der Waals surface area contributed by atoms with Crippen molar-refractivity contribution in [2.24, 2.45) is 0 Å². The number of thioether (sulfide) groups is 1. The lowest BCUT2D eigenvalue weighted by atomic mass is 10.1. The van der Waals surface area contributed by atoms with Crippen LogP contribution in [0.2, 0.25) is 0 Å². The van der Waals surface area contributed by atoms with Gasteiger partial charge in [-0.05, 0) is 45.3 Å². The summed E-state index contributed by atoms with van der Waals surface area (Å²) in [6.45, 7) is -0.0791. The zero-order valence-corrected chi connectivity index (χ0v) is 18.5. The Balaban J connectivity index is 1.84. The van der Waals surface area contributed by atoms with Gasteiger partial charge in [-0.2, -0.15) is 0 Å². The predicted molar refractivity (Wildman–Crippen MR) is 119 cm³/mol. The lowest BCUT2D eigenvalue weighted by molar-refractivity contribution is -0.139. The normalized spacial score (nSPS) is 15.1. The fourth-order valence-electron chi connectivity index (χ4n) is 2.65. The first kappa shape index (κ1) is 21.4. The number of halogens is 1. The van der Waals surface area contributed by atoms with Crippen LogP contribution < -0.4 is 9.47 Å². The van der Waals surface area contributed by atoms with Gasteiger partial charge in [-0.1, -0.05) is 54.3 Å². The number of benzene rings is 2. The van der Waals surface area contributed by atoms with Crippen molar-refractivity contribution in [2.75, 3.05) is 13.7 Å². The quantitative estimate of drug-likeness (QED) is 0.454. The first-order valence-corrected chi connectivity index (χ1v) is 10.4. The molecule has 1 heterocycles. The average Bonchev–Trinajstić information content (AvgIpc) is 2.94. The second-order valence-electron chi connectivity index (χ2n) is 5.97. The largest absolute Gasteiger partial charge is 0.493 e. The Labute approximate surface area is 185 Å². The van der Waals surface area contributed by atoms with Crippen LogP contribution in [0.25, 0.3) is 6.08 Å². The monoisotopic (exact) mass is 493 g/mol. The number of methoxy groups -OCH3 is 1. The molecule has 1 amide bonds. The van der Waals surface area contributed by atoms with Gasteiger partial charge in [-0.15, -0.1) is 0 Å². The number of carboxylic acid groups (broad SMARTS) is 1. The number of ether oxygens (including phenoxy) is 2. The molecule has 1 aliphatic heterocycles. The van der Waals surface area contributed by atoms with Crippen LogP contribution in [-0.4, -0.2) is 39.9 Å². The highest BCUT2D eigenvalue weighted by molar-refractivity contribution is 9.10. The Kier molecular flexibility index (Phi) is 6.94. The Bertz CT molecular complexity index is 994. The zero-order valence-electron chi connectivity index (χ0n) is 15.3. The molecule has 0 unspecified atom stereocenters. The molecule has 1 aliphatic rings. The summed E-state index contributed by atoms with van der Waals surface area (Å²) < 4.78 is 11.6. The number of nitrogens with zero attached hydrogens (tertiary/aromatic N) is 1. The highest BCUT2D eigenvalue weighted by Gasteiger charge is 2.32. The van der Waals surface area contributed by atoms with Crippen molar-refractivity contribution in [3.63, 3.8) is 0 Å².